The normalized spacial score (nSPS) is 21.7. The van der Waals surface area contributed by atoms with Gasteiger partial charge in [0.05, 0.1) is 11.3 Å². The highest BCUT2D eigenvalue weighted by atomic mass is 16.5. The summed E-state index contributed by atoms with van der Waals surface area (Å²) in [7, 11) is 0. The van der Waals surface area contributed by atoms with Crippen LogP contribution in [0.3, 0.4) is 0 Å². The molecule has 3 rings (SSSR count). The zero-order chi connectivity index (χ0) is 19.1. The maximum Gasteiger partial charge on any atom is 0.354 e. The van der Waals surface area contributed by atoms with Crippen molar-refractivity contribution in [1.29, 1.82) is 0 Å². The van der Waals surface area contributed by atoms with Crippen molar-refractivity contribution >= 4 is 29.3 Å². The van der Waals surface area contributed by atoms with E-state index in [2.05, 4.69) is 0 Å². The van der Waals surface area contributed by atoms with Crippen LogP contribution in [0.25, 0.3) is 0 Å². The topological polar surface area (TPSA) is 84.0 Å². The summed E-state index contributed by atoms with van der Waals surface area (Å²) < 4.78 is 5.19. The minimum absolute atomic E-state index is 0.0826. The summed E-state index contributed by atoms with van der Waals surface area (Å²) in [6.07, 6.45) is 0.279. The Balaban J connectivity index is 2.16. The number of anilines is 1. The van der Waals surface area contributed by atoms with Crippen LogP contribution in [0.4, 0.5) is 5.69 Å². The van der Waals surface area contributed by atoms with E-state index in [1.54, 1.807) is 24.3 Å². The Labute approximate surface area is 151 Å². The van der Waals surface area contributed by atoms with E-state index in [-0.39, 0.29) is 43.0 Å². The summed E-state index contributed by atoms with van der Waals surface area (Å²) in [5, 5.41) is 0. The van der Waals surface area contributed by atoms with Crippen LogP contribution in [-0.2, 0) is 19.1 Å². The molecule has 2 heterocycles. The van der Waals surface area contributed by atoms with Gasteiger partial charge in [-0.25, -0.2) is 4.79 Å². The number of rotatable bonds is 5. The summed E-state index contributed by atoms with van der Waals surface area (Å²) in [5.41, 5.74) is -0.722. The van der Waals surface area contributed by atoms with Crippen LogP contribution in [0, 0.1) is 5.92 Å². The van der Waals surface area contributed by atoms with Crippen molar-refractivity contribution in [3.63, 3.8) is 0 Å². The third-order valence-corrected chi connectivity index (χ3v) is 4.65. The molecule has 1 aromatic carbocycles. The predicted molar refractivity (Wildman–Crippen MR) is 93.4 cm³/mol. The van der Waals surface area contributed by atoms with Gasteiger partial charge < -0.3 is 9.64 Å². The van der Waals surface area contributed by atoms with Gasteiger partial charge in [0, 0.05) is 19.4 Å². The number of esters is 1. The van der Waals surface area contributed by atoms with Crippen LogP contribution < -0.4 is 4.90 Å². The van der Waals surface area contributed by atoms with Gasteiger partial charge in [0.2, 0.25) is 11.6 Å². The zero-order valence-corrected chi connectivity index (χ0v) is 15.2. The first-order chi connectivity index (χ1) is 12.3. The monoisotopic (exact) mass is 358 g/mol. The number of ketones is 1. The number of ether oxygens (including phenoxy) is 1. The molecule has 0 N–H and O–H groups in total. The highest BCUT2D eigenvalue weighted by Gasteiger charge is 2.61. The average Bonchev–Trinajstić information content (AvgIpc) is 2.95. The lowest BCUT2D eigenvalue weighted by Crippen LogP contribution is -2.69. The number of para-hydroxylation sites is 1. The van der Waals surface area contributed by atoms with E-state index in [0.29, 0.717) is 17.8 Å². The molecule has 0 aliphatic carbocycles. The van der Waals surface area contributed by atoms with Crippen LogP contribution in [0.1, 0.15) is 44.0 Å². The molecule has 1 saturated heterocycles. The minimum atomic E-state index is -1.53. The van der Waals surface area contributed by atoms with Crippen molar-refractivity contribution in [2.75, 3.05) is 18.1 Å². The number of carbonyl (C=O) groups excluding carboxylic acids is 4. The summed E-state index contributed by atoms with van der Waals surface area (Å²) in [6, 6.07) is 6.77. The van der Waals surface area contributed by atoms with E-state index in [9.17, 15) is 19.2 Å². The molecule has 0 saturated carbocycles. The number of Topliss-reactive ketones (excluding diaryl/α,β-unsaturated/α-hetero) is 1. The molecule has 0 bridgehead atoms. The Kier molecular flexibility index (Phi) is 4.56. The fourth-order valence-corrected chi connectivity index (χ4v) is 3.65. The molecule has 7 heteroatoms. The Bertz CT molecular complexity index is 788. The van der Waals surface area contributed by atoms with Gasteiger partial charge in [0.1, 0.15) is 6.61 Å². The van der Waals surface area contributed by atoms with Gasteiger partial charge in [-0.05, 0) is 25.0 Å². The molecule has 7 nitrogen and oxygen atoms in total. The maximum absolute atomic E-state index is 13.2. The van der Waals surface area contributed by atoms with Gasteiger partial charge in [0.15, 0.2) is 5.78 Å². The Morgan fingerprint density at radius 2 is 1.92 bits per heavy atom. The molecule has 0 aromatic heterocycles. The standard InChI is InChI=1S/C19H22N2O5/c1-12(2)10-20-17(24)14-6-4-5-7-15(14)21-16(23)8-9-19(20,21)18(25)26-11-13(3)22/h4-7,12H,8-11H2,1-3H3/t19-/m1/s1. The lowest BCUT2D eigenvalue weighted by molar-refractivity contribution is -0.159. The van der Waals surface area contributed by atoms with Crippen LogP contribution >= 0.6 is 0 Å². The van der Waals surface area contributed by atoms with E-state index >= 15 is 0 Å². The highest BCUT2D eigenvalue weighted by molar-refractivity contribution is 6.15. The fourth-order valence-electron chi connectivity index (χ4n) is 3.65. The third kappa shape index (κ3) is 2.67. The van der Waals surface area contributed by atoms with Crippen LogP contribution in [0.2, 0.25) is 0 Å². The SMILES string of the molecule is CC(=O)COC(=O)[C@@]12CCC(=O)N1c1ccccc1C(=O)N2CC(C)C. The second kappa shape index (κ2) is 6.55. The summed E-state index contributed by atoms with van der Waals surface area (Å²) in [5.74, 6) is -1.50. The van der Waals surface area contributed by atoms with Gasteiger partial charge in [-0.1, -0.05) is 26.0 Å². The van der Waals surface area contributed by atoms with Crippen molar-refractivity contribution in [1.82, 2.24) is 4.90 Å². The van der Waals surface area contributed by atoms with Gasteiger partial charge in [0.25, 0.3) is 5.91 Å². The summed E-state index contributed by atoms with van der Waals surface area (Å²) >= 11 is 0. The second-order valence-electron chi connectivity index (χ2n) is 7.15. The molecule has 1 atom stereocenters. The number of nitrogens with zero attached hydrogens (tertiary/aromatic N) is 2. The van der Waals surface area contributed by atoms with Crippen molar-refractivity contribution in [2.45, 2.75) is 39.3 Å². The molecule has 1 fully saturated rings. The smallest absolute Gasteiger partial charge is 0.354 e. The first-order valence-corrected chi connectivity index (χ1v) is 8.69. The molecule has 1 aromatic rings. The van der Waals surface area contributed by atoms with Gasteiger partial charge >= 0.3 is 5.97 Å². The van der Waals surface area contributed by atoms with E-state index in [1.807, 2.05) is 13.8 Å². The summed E-state index contributed by atoms with van der Waals surface area (Å²) in [4.78, 5) is 53.0. The molecule has 2 aliphatic rings. The molecule has 26 heavy (non-hydrogen) atoms. The molecule has 138 valence electrons. The summed E-state index contributed by atoms with van der Waals surface area (Å²) in [6.45, 7) is 5.10. The number of amides is 2. The van der Waals surface area contributed by atoms with Gasteiger partial charge in [-0.15, -0.1) is 0 Å². The minimum Gasteiger partial charge on any atom is -0.455 e. The molecule has 0 unspecified atom stereocenters. The zero-order valence-electron chi connectivity index (χ0n) is 15.2. The Morgan fingerprint density at radius 3 is 2.58 bits per heavy atom. The number of carbonyl (C=O) groups is 4. The quantitative estimate of drug-likeness (QED) is 0.749. The number of hydrogen-bond acceptors (Lipinski definition) is 5. The van der Waals surface area contributed by atoms with Crippen LogP contribution in [0.5, 0.6) is 0 Å². The molecular weight excluding hydrogens is 336 g/mol. The molecule has 2 aliphatic heterocycles. The first-order valence-electron chi connectivity index (χ1n) is 8.69. The number of fused-ring (bicyclic) bond motifs is 3. The average molecular weight is 358 g/mol. The van der Waals surface area contributed by atoms with Crippen molar-refractivity contribution in [3.05, 3.63) is 29.8 Å². The van der Waals surface area contributed by atoms with Gasteiger partial charge in [-0.3, -0.25) is 19.3 Å². The Morgan fingerprint density at radius 1 is 1.23 bits per heavy atom. The van der Waals surface area contributed by atoms with E-state index in [4.69, 9.17) is 4.74 Å². The Hall–Kier alpha value is -2.70. The third-order valence-electron chi connectivity index (χ3n) is 4.65. The predicted octanol–water partition coefficient (Wildman–Crippen LogP) is 1.75. The lowest BCUT2D eigenvalue weighted by Gasteiger charge is -2.48. The van der Waals surface area contributed by atoms with E-state index in [0.717, 1.165) is 0 Å². The molecular formula is C19H22N2O5. The van der Waals surface area contributed by atoms with Crippen molar-refractivity contribution < 1.29 is 23.9 Å². The van der Waals surface area contributed by atoms with Crippen LogP contribution in [-0.4, -0.2) is 47.3 Å². The van der Waals surface area contributed by atoms with E-state index in [1.165, 1.54) is 16.7 Å². The fraction of sp³-hybridized carbons (Fsp3) is 0.474. The first kappa shape index (κ1) is 18.1. The van der Waals surface area contributed by atoms with E-state index < -0.39 is 11.6 Å². The van der Waals surface area contributed by atoms with Crippen LogP contribution in [0.15, 0.2) is 24.3 Å². The van der Waals surface area contributed by atoms with Crippen molar-refractivity contribution in [3.8, 4) is 0 Å². The molecule has 0 spiro atoms. The molecule has 0 radical (unpaired) electrons. The maximum atomic E-state index is 13.2. The van der Waals surface area contributed by atoms with Gasteiger partial charge in [-0.2, -0.15) is 0 Å². The number of hydrogen-bond donors (Lipinski definition) is 0. The highest BCUT2D eigenvalue weighted by Crippen LogP contribution is 2.45. The second-order valence-corrected chi connectivity index (χ2v) is 7.15. The number of benzene rings is 1. The lowest BCUT2D eigenvalue weighted by atomic mass is 9.95. The van der Waals surface area contributed by atoms with Crippen molar-refractivity contribution in [2.24, 2.45) is 5.92 Å². The largest absolute Gasteiger partial charge is 0.455 e. The molecule has 2 amide bonds.